The molecule has 2 heterocycles. The van der Waals surface area contributed by atoms with Gasteiger partial charge in [0.15, 0.2) is 11.0 Å². The molecule has 10 heteroatoms. The van der Waals surface area contributed by atoms with Crippen molar-refractivity contribution < 1.29 is 9.72 Å². The van der Waals surface area contributed by atoms with Gasteiger partial charge in [-0.2, -0.15) is 0 Å². The number of carbonyl (C=O) groups is 1. The predicted octanol–water partition coefficient (Wildman–Crippen LogP) is 5.18. The highest BCUT2D eigenvalue weighted by Crippen LogP contribution is 2.38. The minimum atomic E-state index is -0.467. The molecule has 1 amide bonds. The Kier molecular flexibility index (Phi) is 6.90. The van der Waals surface area contributed by atoms with Gasteiger partial charge in [-0.15, -0.1) is 21.5 Å². The maximum atomic E-state index is 12.4. The molecule has 0 fully saturated rings. The summed E-state index contributed by atoms with van der Waals surface area (Å²) in [5.74, 6) is 1.59. The number of carbonyl (C=O) groups excluding carboxylic acids is 1. The number of anilines is 1. The van der Waals surface area contributed by atoms with Crippen LogP contribution in [0.1, 0.15) is 37.1 Å². The van der Waals surface area contributed by atoms with E-state index in [1.807, 2.05) is 11.3 Å². The summed E-state index contributed by atoms with van der Waals surface area (Å²) in [7, 11) is 0. The van der Waals surface area contributed by atoms with Gasteiger partial charge in [-0.05, 0) is 49.3 Å². The number of thiophene rings is 1. The lowest BCUT2D eigenvalue weighted by Gasteiger charge is -2.19. The number of benzene rings is 1. The first-order valence-corrected chi connectivity index (χ1v) is 12.5. The van der Waals surface area contributed by atoms with Gasteiger partial charge < -0.3 is 9.88 Å². The highest BCUT2D eigenvalue weighted by Gasteiger charge is 2.24. The molecule has 1 aliphatic carbocycles. The Morgan fingerprint density at radius 1 is 1.34 bits per heavy atom. The molecule has 1 aliphatic rings. The molecule has 1 N–H and O–H groups in total. The number of nitrogens with zero attached hydrogens (tertiary/aromatic N) is 4. The van der Waals surface area contributed by atoms with Crippen LogP contribution in [-0.2, 0) is 24.2 Å². The van der Waals surface area contributed by atoms with Gasteiger partial charge in [0.25, 0.3) is 5.69 Å². The van der Waals surface area contributed by atoms with E-state index in [0.717, 1.165) is 42.7 Å². The largest absolute Gasteiger partial charge is 0.325 e. The van der Waals surface area contributed by atoms with Crippen molar-refractivity contribution in [2.24, 2.45) is 5.92 Å². The molecule has 1 aromatic carbocycles. The Morgan fingerprint density at radius 2 is 2.12 bits per heavy atom. The number of non-ortho nitro benzene ring substituents is 1. The summed E-state index contributed by atoms with van der Waals surface area (Å²) in [6.07, 6.45) is 4.35. The second kappa shape index (κ2) is 9.83. The Hall–Kier alpha value is -2.72. The van der Waals surface area contributed by atoms with Crippen LogP contribution in [-0.4, -0.2) is 31.3 Å². The summed E-state index contributed by atoms with van der Waals surface area (Å²) < 4.78 is 2.12. The molecule has 0 saturated heterocycles. The van der Waals surface area contributed by atoms with Gasteiger partial charge in [0.1, 0.15) is 0 Å². The summed E-state index contributed by atoms with van der Waals surface area (Å²) in [5.41, 5.74) is 3.10. The quantitative estimate of drug-likeness (QED) is 0.276. The molecule has 0 bridgehead atoms. The SMILES string of the molecule is CCCn1c(SCC(=O)Nc2ccc([N+](=O)[O-])cc2)nnc1-c1csc2c1CCC(C)C2. The third-order valence-electron chi connectivity index (χ3n) is 5.50. The van der Waals surface area contributed by atoms with Crippen molar-refractivity contribution in [3.8, 4) is 11.4 Å². The third kappa shape index (κ3) is 4.86. The summed E-state index contributed by atoms with van der Waals surface area (Å²) in [4.78, 5) is 24.2. The van der Waals surface area contributed by atoms with Crippen LogP contribution in [0.25, 0.3) is 11.4 Å². The maximum absolute atomic E-state index is 12.4. The summed E-state index contributed by atoms with van der Waals surface area (Å²) in [6.45, 7) is 5.21. The van der Waals surface area contributed by atoms with Crippen molar-refractivity contribution in [3.63, 3.8) is 0 Å². The predicted molar refractivity (Wildman–Crippen MR) is 127 cm³/mol. The van der Waals surface area contributed by atoms with E-state index in [4.69, 9.17) is 0 Å². The smallest absolute Gasteiger partial charge is 0.269 e. The second-order valence-electron chi connectivity index (χ2n) is 8.00. The van der Waals surface area contributed by atoms with Gasteiger partial charge in [-0.25, -0.2) is 0 Å². The Bertz CT molecular complexity index is 1120. The molecule has 4 rings (SSSR count). The second-order valence-corrected chi connectivity index (χ2v) is 9.90. The van der Waals surface area contributed by atoms with E-state index in [1.54, 1.807) is 0 Å². The van der Waals surface area contributed by atoms with E-state index in [0.29, 0.717) is 5.69 Å². The molecule has 8 nitrogen and oxygen atoms in total. The number of rotatable bonds is 8. The highest BCUT2D eigenvalue weighted by atomic mass is 32.2. The summed E-state index contributed by atoms with van der Waals surface area (Å²) in [5, 5.41) is 25.3. The number of fused-ring (bicyclic) bond motifs is 1. The average molecular weight is 472 g/mol. The Balaban J connectivity index is 1.46. The van der Waals surface area contributed by atoms with Crippen molar-refractivity contribution in [1.82, 2.24) is 14.8 Å². The zero-order chi connectivity index (χ0) is 22.7. The van der Waals surface area contributed by atoms with Crippen LogP contribution < -0.4 is 5.32 Å². The fourth-order valence-corrected chi connectivity index (χ4v) is 5.89. The average Bonchev–Trinajstić information content (AvgIpc) is 3.36. The first-order chi connectivity index (χ1) is 15.5. The van der Waals surface area contributed by atoms with Crippen LogP contribution in [0.3, 0.4) is 0 Å². The molecule has 32 heavy (non-hydrogen) atoms. The van der Waals surface area contributed by atoms with Crippen molar-refractivity contribution >= 4 is 40.4 Å². The van der Waals surface area contributed by atoms with Crippen LogP contribution in [0.4, 0.5) is 11.4 Å². The topological polar surface area (TPSA) is 103 Å². The van der Waals surface area contributed by atoms with E-state index < -0.39 is 4.92 Å². The molecule has 1 unspecified atom stereocenters. The zero-order valence-electron chi connectivity index (χ0n) is 18.0. The van der Waals surface area contributed by atoms with Crippen LogP contribution in [0, 0.1) is 16.0 Å². The fraction of sp³-hybridized carbons (Fsp3) is 0.409. The summed E-state index contributed by atoms with van der Waals surface area (Å²) >= 11 is 3.17. The molecule has 0 saturated carbocycles. The van der Waals surface area contributed by atoms with Crippen molar-refractivity contribution in [1.29, 1.82) is 0 Å². The van der Waals surface area contributed by atoms with Crippen LogP contribution in [0.2, 0.25) is 0 Å². The van der Waals surface area contributed by atoms with E-state index in [1.165, 1.54) is 58.5 Å². The summed E-state index contributed by atoms with van der Waals surface area (Å²) in [6, 6.07) is 5.79. The number of hydrogen-bond donors (Lipinski definition) is 1. The van der Waals surface area contributed by atoms with Gasteiger partial charge in [0.2, 0.25) is 5.91 Å². The number of nitro groups is 1. The van der Waals surface area contributed by atoms with Gasteiger partial charge >= 0.3 is 0 Å². The molecule has 168 valence electrons. The maximum Gasteiger partial charge on any atom is 0.269 e. The number of hydrogen-bond acceptors (Lipinski definition) is 7. The minimum absolute atomic E-state index is 0.0114. The van der Waals surface area contributed by atoms with E-state index in [9.17, 15) is 14.9 Å². The molecule has 0 radical (unpaired) electrons. The first kappa shape index (κ1) is 22.5. The van der Waals surface area contributed by atoms with Crippen LogP contribution in [0.15, 0.2) is 34.8 Å². The third-order valence-corrected chi connectivity index (χ3v) is 7.52. The lowest BCUT2D eigenvalue weighted by molar-refractivity contribution is -0.384. The zero-order valence-corrected chi connectivity index (χ0v) is 19.7. The number of amides is 1. The molecule has 0 spiro atoms. The van der Waals surface area contributed by atoms with Gasteiger partial charge in [-0.3, -0.25) is 14.9 Å². The van der Waals surface area contributed by atoms with Gasteiger partial charge in [0.05, 0.1) is 10.7 Å². The molecular weight excluding hydrogens is 446 g/mol. The van der Waals surface area contributed by atoms with E-state index in [2.05, 4.69) is 39.3 Å². The molecule has 3 aromatic rings. The Morgan fingerprint density at radius 3 is 2.84 bits per heavy atom. The molecular formula is C22H25N5O3S2. The number of thioether (sulfide) groups is 1. The highest BCUT2D eigenvalue weighted by molar-refractivity contribution is 7.99. The molecule has 0 aliphatic heterocycles. The lowest BCUT2D eigenvalue weighted by atomic mass is 9.88. The van der Waals surface area contributed by atoms with Crippen molar-refractivity contribution in [2.45, 2.75) is 51.2 Å². The molecule has 2 aromatic heterocycles. The fourth-order valence-electron chi connectivity index (χ4n) is 3.88. The van der Waals surface area contributed by atoms with Crippen molar-refractivity contribution in [3.05, 3.63) is 50.2 Å². The standard InChI is InChI=1S/C22H25N5O3S2/c1-3-10-26-21(18-12-31-19-11-14(2)4-9-17(18)19)24-25-22(26)32-13-20(28)23-15-5-7-16(8-6-15)27(29)30/h5-8,12,14H,3-4,9-11,13H2,1-2H3,(H,23,28). The van der Waals surface area contributed by atoms with Gasteiger partial charge in [0, 0.05) is 40.2 Å². The normalized spacial score (nSPS) is 15.4. The Labute approximate surface area is 194 Å². The number of nitrogens with one attached hydrogen (secondary N) is 1. The first-order valence-electron chi connectivity index (χ1n) is 10.7. The monoisotopic (exact) mass is 471 g/mol. The van der Waals surface area contributed by atoms with E-state index >= 15 is 0 Å². The lowest BCUT2D eigenvalue weighted by Crippen LogP contribution is -2.14. The minimum Gasteiger partial charge on any atom is -0.325 e. The van der Waals surface area contributed by atoms with Crippen LogP contribution >= 0.6 is 23.1 Å². The van der Waals surface area contributed by atoms with Crippen molar-refractivity contribution in [2.75, 3.05) is 11.1 Å². The van der Waals surface area contributed by atoms with Crippen LogP contribution in [0.5, 0.6) is 0 Å². The molecule has 1 atom stereocenters. The van der Waals surface area contributed by atoms with E-state index in [-0.39, 0.29) is 17.3 Å². The van der Waals surface area contributed by atoms with Gasteiger partial charge in [-0.1, -0.05) is 25.6 Å². The number of aromatic nitrogens is 3. The number of nitro benzene ring substituents is 1.